The number of likely N-dealkylation sites (tertiary alicyclic amines) is 1. The highest BCUT2D eigenvalue weighted by Gasteiger charge is 2.36. The van der Waals surface area contributed by atoms with Gasteiger partial charge in [-0.05, 0) is 50.1 Å². The molecule has 1 aliphatic rings. The Labute approximate surface area is 127 Å². The van der Waals surface area contributed by atoms with Crippen LogP contribution in [0.4, 0.5) is 0 Å². The second-order valence-electron chi connectivity index (χ2n) is 7.67. The highest BCUT2D eigenvalue weighted by atomic mass is 15.2. The largest absolute Gasteiger partial charge is 0.312 e. The third kappa shape index (κ3) is 5.04. The van der Waals surface area contributed by atoms with Crippen LogP contribution in [0.3, 0.4) is 0 Å². The monoisotopic (exact) mass is 282 g/mol. The standard InChI is InChI=1S/C18H38N2/c1-7-10-16(19-12-8-2)17(9-3)20-13-11-15(14-20)18(4,5)6/h15-17,19H,7-14H2,1-6H3. The summed E-state index contributed by atoms with van der Waals surface area (Å²) in [6.45, 7) is 17.9. The van der Waals surface area contributed by atoms with Crippen LogP contribution in [0.5, 0.6) is 0 Å². The van der Waals surface area contributed by atoms with Gasteiger partial charge in [0.15, 0.2) is 0 Å². The zero-order valence-corrected chi connectivity index (χ0v) is 14.8. The molecule has 1 aliphatic heterocycles. The fourth-order valence-corrected chi connectivity index (χ4v) is 3.66. The van der Waals surface area contributed by atoms with Gasteiger partial charge in [0, 0.05) is 18.6 Å². The lowest BCUT2D eigenvalue weighted by atomic mass is 9.80. The van der Waals surface area contributed by atoms with E-state index in [9.17, 15) is 0 Å². The number of rotatable bonds is 8. The van der Waals surface area contributed by atoms with Crippen molar-refractivity contribution in [2.24, 2.45) is 11.3 Å². The molecule has 0 radical (unpaired) electrons. The molecule has 20 heavy (non-hydrogen) atoms. The molecule has 0 bridgehead atoms. The van der Waals surface area contributed by atoms with Gasteiger partial charge in [0.25, 0.3) is 0 Å². The Kier molecular flexibility index (Phi) is 7.53. The van der Waals surface area contributed by atoms with Gasteiger partial charge in [-0.2, -0.15) is 0 Å². The van der Waals surface area contributed by atoms with Crippen molar-refractivity contribution < 1.29 is 0 Å². The molecular weight excluding hydrogens is 244 g/mol. The number of nitrogens with zero attached hydrogens (tertiary/aromatic N) is 1. The summed E-state index contributed by atoms with van der Waals surface area (Å²) in [5.74, 6) is 0.866. The molecule has 3 unspecified atom stereocenters. The predicted molar refractivity (Wildman–Crippen MR) is 90.2 cm³/mol. The summed E-state index contributed by atoms with van der Waals surface area (Å²) < 4.78 is 0. The summed E-state index contributed by atoms with van der Waals surface area (Å²) in [4.78, 5) is 2.78. The van der Waals surface area contributed by atoms with Gasteiger partial charge in [0.05, 0.1) is 0 Å². The van der Waals surface area contributed by atoms with Gasteiger partial charge >= 0.3 is 0 Å². The van der Waals surface area contributed by atoms with Crippen LogP contribution < -0.4 is 5.32 Å². The molecule has 0 amide bonds. The van der Waals surface area contributed by atoms with Crippen molar-refractivity contribution in [2.45, 2.75) is 85.7 Å². The van der Waals surface area contributed by atoms with Crippen molar-refractivity contribution in [1.29, 1.82) is 0 Å². The molecule has 2 heteroatoms. The zero-order valence-electron chi connectivity index (χ0n) is 14.8. The van der Waals surface area contributed by atoms with E-state index < -0.39 is 0 Å². The molecule has 0 aromatic rings. The van der Waals surface area contributed by atoms with Crippen LogP contribution in [0, 0.1) is 11.3 Å². The second kappa shape index (κ2) is 8.38. The van der Waals surface area contributed by atoms with E-state index in [2.05, 4.69) is 51.8 Å². The first-order valence-electron chi connectivity index (χ1n) is 8.91. The van der Waals surface area contributed by atoms with E-state index in [1.807, 2.05) is 0 Å². The first kappa shape index (κ1) is 18.0. The van der Waals surface area contributed by atoms with Crippen LogP contribution >= 0.6 is 0 Å². The molecule has 1 fully saturated rings. The topological polar surface area (TPSA) is 15.3 Å². The number of hydrogen-bond acceptors (Lipinski definition) is 2. The smallest absolute Gasteiger partial charge is 0.0246 e. The molecule has 0 spiro atoms. The molecule has 1 saturated heterocycles. The minimum atomic E-state index is 0.462. The Morgan fingerprint density at radius 3 is 2.30 bits per heavy atom. The molecule has 0 saturated carbocycles. The summed E-state index contributed by atoms with van der Waals surface area (Å²) in [6, 6.07) is 1.41. The van der Waals surface area contributed by atoms with E-state index in [1.165, 1.54) is 45.2 Å². The van der Waals surface area contributed by atoms with E-state index in [0.717, 1.165) is 18.5 Å². The molecular formula is C18H38N2. The minimum Gasteiger partial charge on any atom is -0.312 e. The van der Waals surface area contributed by atoms with Crippen molar-refractivity contribution in [3.05, 3.63) is 0 Å². The molecule has 0 aliphatic carbocycles. The van der Waals surface area contributed by atoms with Crippen molar-refractivity contribution >= 4 is 0 Å². The normalized spacial score (nSPS) is 24.0. The SMILES string of the molecule is CCCNC(CCC)C(CC)N1CCC(C(C)(C)C)C1. The lowest BCUT2D eigenvalue weighted by Gasteiger charge is -2.36. The van der Waals surface area contributed by atoms with Crippen LogP contribution in [-0.2, 0) is 0 Å². The average Bonchev–Trinajstić information content (AvgIpc) is 2.86. The summed E-state index contributed by atoms with van der Waals surface area (Å²) in [5, 5.41) is 3.81. The van der Waals surface area contributed by atoms with Crippen molar-refractivity contribution in [1.82, 2.24) is 10.2 Å². The predicted octanol–water partition coefficient (Wildman–Crippen LogP) is 4.30. The van der Waals surface area contributed by atoms with E-state index in [0.29, 0.717) is 11.5 Å². The van der Waals surface area contributed by atoms with Crippen LogP contribution in [0.1, 0.15) is 73.6 Å². The van der Waals surface area contributed by atoms with Crippen molar-refractivity contribution in [2.75, 3.05) is 19.6 Å². The van der Waals surface area contributed by atoms with Gasteiger partial charge in [-0.1, -0.05) is 48.0 Å². The Balaban J connectivity index is 2.64. The molecule has 120 valence electrons. The molecule has 1 rings (SSSR count). The highest BCUT2D eigenvalue weighted by Crippen LogP contribution is 2.35. The summed E-state index contributed by atoms with van der Waals surface area (Å²) >= 11 is 0. The molecule has 0 aromatic heterocycles. The van der Waals surface area contributed by atoms with Crippen LogP contribution in [-0.4, -0.2) is 36.6 Å². The third-order valence-corrected chi connectivity index (χ3v) is 5.05. The van der Waals surface area contributed by atoms with Gasteiger partial charge in [-0.15, -0.1) is 0 Å². The first-order valence-corrected chi connectivity index (χ1v) is 8.91. The molecule has 2 nitrogen and oxygen atoms in total. The number of nitrogens with one attached hydrogen (secondary N) is 1. The van der Waals surface area contributed by atoms with Crippen LogP contribution in [0.2, 0.25) is 0 Å². The molecule has 3 atom stereocenters. The third-order valence-electron chi connectivity index (χ3n) is 5.05. The second-order valence-corrected chi connectivity index (χ2v) is 7.67. The minimum absolute atomic E-state index is 0.462. The van der Waals surface area contributed by atoms with Crippen molar-refractivity contribution in [3.8, 4) is 0 Å². The summed E-state index contributed by atoms with van der Waals surface area (Å²) in [7, 11) is 0. The van der Waals surface area contributed by atoms with E-state index in [1.54, 1.807) is 0 Å². The zero-order chi connectivity index (χ0) is 15.2. The Morgan fingerprint density at radius 1 is 1.15 bits per heavy atom. The fourth-order valence-electron chi connectivity index (χ4n) is 3.66. The fraction of sp³-hybridized carbons (Fsp3) is 1.00. The van der Waals surface area contributed by atoms with E-state index in [-0.39, 0.29) is 0 Å². The maximum Gasteiger partial charge on any atom is 0.0246 e. The maximum atomic E-state index is 3.81. The van der Waals surface area contributed by atoms with Gasteiger partial charge in [0.1, 0.15) is 0 Å². The van der Waals surface area contributed by atoms with Gasteiger partial charge < -0.3 is 5.32 Å². The highest BCUT2D eigenvalue weighted by molar-refractivity contribution is 4.91. The van der Waals surface area contributed by atoms with E-state index in [4.69, 9.17) is 0 Å². The Hall–Kier alpha value is -0.0800. The van der Waals surface area contributed by atoms with Crippen molar-refractivity contribution in [3.63, 3.8) is 0 Å². The Bertz CT molecular complexity index is 257. The van der Waals surface area contributed by atoms with Gasteiger partial charge in [-0.3, -0.25) is 4.90 Å². The lowest BCUT2D eigenvalue weighted by Crippen LogP contribution is -2.49. The molecule has 1 N–H and O–H groups in total. The van der Waals surface area contributed by atoms with E-state index >= 15 is 0 Å². The van der Waals surface area contributed by atoms with Crippen LogP contribution in [0.15, 0.2) is 0 Å². The van der Waals surface area contributed by atoms with Gasteiger partial charge in [-0.25, -0.2) is 0 Å². The lowest BCUT2D eigenvalue weighted by molar-refractivity contribution is 0.154. The molecule has 1 heterocycles. The average molecular weight is 283 g/mol. The maximum absolute atomic E-state index is 3.81. The van der Waals surface area contributed by atoms with Gasteiger partial charge in [0.2, 0.25) is 0 Å². The summed E-state index contributed by atoms with van der Waals surface area (Å²) in [5.41, 5.74) is 0.462. The molecule has 0 aromatic carbocycles. The Morgan fingerprint density at radius 2 is 1.85 bits per heavy atom. The number of hydrogen-bond donors (Lipinski definition) is 1. The summed E-state index contributed by atoms with van der Waals surface area (Å²) in [6.07, 6.45) is 6.50. The quantitative estimate of drug-likeness (QED) is 0.714. The first-order chi connectivity index (χ1) is 9.43. The van der Waals surface area contributed by atoms with Crippen LogP contribution in [0.25, 0.3) is 0 Å².